The highest BCUT2D eigenvalue weighted by Crippen LogP contribution is 2.31. The Morgan fingerprint density at radius 1 is 1.25 bits per heavy atom. The third kappa shape index (κ3) is 2.40. The molecular weight excluding hydrogens is 246 g/mol. The molecule has 0 saturated heterocycles. The molecule has 0 N–H and O–H groups in total. The molecule has 0 aliphatic rings. The molecular formula is C10H9NO3S2. The highest BCUT2D eigenvalue weighted by atomic mass is 32.2. The van der Waals surface area contributed by atoms with Crippen LogP contribution in [-0.4, -0.2) is 13.4 Å². The fourth-order valence-electron chi connectivity index (χ4n) is 1.34. The van der Waals surface area contributed by atoms with Gasteiger partial charge in [-0.15, -0.1) is 0 Å². The lowest BCUT2D eigenvalue weighted by Crippen LogP contribution is -1.88. The van der Waals surface area contributed by atoms with Crippen LogP contribution < -0.4 is 4.18 Å². The van der Waals surface area contributed by atoms with E-state index in [4.69, 9.17) is 0 Å². The standard InChI is InChI=1S/C10H9NO3S2/c1-7-9(8-5-3-2-4-6-8)11-10(15-7)14-16(12)13/h2-6,16H,1H3. The molecule has 1 aromatic heterocycles. The molecule has 0 atom stereocenters. The van der Waals surface area contributed by atoms with Gasteiger partial charge in [0.1, 0.15) is 0 Å². The van der Waals surface area contributed by atoms with Crippen LogP contribution in [-0.2, 0) is 11.0 Å². The summed E-state index contributed by atoms with van der Waals surface area (Å²) >= 11 is 1.22. The van der Waals surface area contributed by atoms with E-state index in [0.29, 0.717) is 0 Å². The normalized spacial score (nSPS) is 10.6. The number of hydrogen-bond acceptors (Lipinski definition) is 5. The van der Waals surface area contributed by atoms with Gasteiger partial charge in [0.2, 0.25) is 0 Å². The van der Waals surface area contributed by atoms with Gasteiger partial charge in [0.15, 0.2) is 0 Å². The summed E-state index contributed by atoms with van der Waals surface area (Å²) in [5.41, 5.74) is 1.71. The van der Waals surface area contributed by atoms with Crippen molar-refractivity contribution in [1.29, 1.82) is 0 Å². The Labute approximate surface area is 98.7 Å². The van der Waals surface area contributed by atoms with Gasteiger partial charge in [0.25, 0.3) is 5.19 Å². The lowest BCUT2D eigenvalue weighted by atomic mass is 10.1. The molecule has 0 aliphatic heterocycles. The average Bonchev–Trinajstić information content (AvgIpc) is 2.60. The number of nitrogens with zero attached hydrogens (tertiary/aromatic N) is 1. The number of aryl methyl sites for hydroxylation is 1. The van der Waals surface area contributed by atoms with Crippen molar-refractivity contribution in [3.05, 3.63) is 35.2 Å². The largest absolute Gasteiger partial charge is 0.353 e. The van der Waals surface area contributed by atoms with Crippen LogP contribution in [0.4, 0.5) is 0 Å². The van der Waals surface area contributed by atoms with E-state index in [-0.39, 0.29) is 5.19 Å². The maximum absolute atomic E-state index is 10.4. The summed E-state index contributed by atoms with van der Waals surface area (Å²) in [4.78, 5) is 5.06. The van der Waals surface area contributed by atoms with Crippen LogP contribution in [0.15, 0.2) is 30.3 Å². The monoisotopic (exact) mass is 255 g/mol. The van der Waals surface area contributed by atoms with Gasteiger partial charge in [-0.25, -0.2) is 4.98 Å². The van der Waals surface area contributed by atoms with E-state index >= 15 is 0 Å². The Morgan fingerprint density at radius 3 is 2.56 bits per heavy atom. The van der Waals surface area contributed by atoms with Gasteiger partial charge in [-0.1, -0.05) is 41.7 Å². The van der Waals surface area contributed by atoms with Gasteiger partial charge in [-0.3, -0.25) is 0 Å². The molecule has 0 bridgehead atoms. The molecule has 2 aromatic rings. The number of benzene rings is 1. The Hall–Kier alpha value is -1.40. The van der Waals surface area contributed by atoms with E-state index in [1.807, 2.05) is 37.3 Å². The Morgan fingerprint density at radius 2 is 1.94 bits per heavy atom. The molecule has 0 aliphatic carbocycles. The van der Waals surface area contributed by atoms with E-state index in [1.165, 1.54) is 11.3 Å². The van der Waals surface area contributed by atoms with E-state index < -0.39 is 11.0 Å². The van der Waals surface area contributed by atoms with Gasteiger partial charge in [-0.2, -0.15) is 8.42 Å². The lowest BCUT2D eigenvalue weighted by molar-refractivity contribution is 0.509. The van der Waals surface area contributed by atoms with Gasteiger partial charge in [0.05, 0.1) is 5.69 Å². The predicted octanol–water partition coefficient (Wildman–Crippen LogP) is 2.02. The molecule has 1 heterocycles. The minimum Gasteiger partial charge on any atom is -0.353 e. The molecule has 0 unspecified atom stereocenters. The van der Waals surface area contributed by atoms with Gasteiger partial charge in [-0.05, 0) is 6.92 Å². The van der Waals surface area contributed by atoms with Crippen LogP contribution in [0.2, 0.25) is 0 Å². The van der Waals surface area contributed by atoms with Crippen molar-refractivity contribution in [2.75, 3.05) is 0 Å². The molecule has 4 nitrogen and oxygen atoms in total. The van der Waals surface area contributed by atoms with Gasteiger partial charge in [0, 0.05) is 10.4 Å². The third-order valence-corrected chi connectivity index (χ3v) is 3.27. The van der Waals surface area contributed by atoms with Crippen molar-refractivity contribution in [3.8, 4) is 16.5 Å². The maximum atomic E-state index is 10.4. The number of thiazole rings is 1. The Kier molecular flexibility index (Phi) is 3.21. The molecule has 84 valence electrons. The van der Waals surface area contributed by atoms with Crippen LogP contribution in [0.25, 0.3) is 11.3 Å². The number of hydrogen-bond donors (Lipinski definition) is 1. The van der Waals surface area contributed by atoms with Gasteiger partial charge >= 0.3 is 11.0 Å². The quantitative estimate of drug-likeness (QED) is 0.853. The molecule has 2 rings (SSSR count). The summed E-state index contributed by atoms with van der Waals surface area (Å²) in [6, 6.07) is 9.56. The molecule has 0 spiro atoms. The highest BCUT2D eigenvalue weighted by Gasteiger charge is 2.10. The fourth-order valence-corrected chi connectivity index (χ4v) is 2.50. The van der Waals surface area contributed by atoms with Crippen molar-refractivity contribution in [3.63, 3.8) is 0 Å². The summed E-state index contributed by atoms with van der Waals surface area (Å²) in [5.74, 6) is 0. The van der Waals surface area contributed by atoms with E-state index in [2.05, 4.69) is 9.17 Å². The Bertz CT molecular complexity index is 553. The first-order chi connectivity index (χ1) is 7.66. The zero-order valence-electron chi connectivity index (χ0n) is 8.41. The highest BCUT2D eigenvalue weighted by molar-refractivity contribution is 7.67. The topological polar surface area (TPSA) is 56.3 Å². The first-order valence-electron chi connectivity index (χ1n) is 4.52. The summed E-state index contributed by atoms with van der Waals surface area (Å²) in [7, 11) is -2.90. The SMILES string of the molecule is Cc1sc(O[SH](=O)=O)nc1-c1ccccc1. The molecule has 0 saturated carbocycles. The zero-order chi connectivity index (χ0) is 11.5. The number of rotatable bonds is 3. The van der Waals surface area contributed by atoms with Crippen molar-refractivity contribution in [2.45, 2.75) is 6.92 Å². The second-order valence-electron chi connectivity index (χ2n) is 3.07. The fraction of sp³-hybridized carbons (Fsp3) is 0.100. The van der Waals surface area contributed by atoms with Crippen LogP contribution >= 0.6 is 11.3 Å². The minimum atomic E-state index is -2.90. The van der Waals surface area contributed by atoms with Crippen molar-refractivity contribution >= 4 is 22.3 Å². The smallest absolute Gasteiger partial charge is 0.301 e. The molecule has 16 heavy (non-hydrogen) atoms. The average molecular weight is 255 g/mol. The second-order valence-corrected chi connectivity index (χ2v) is 4.86. The van der Waals surface area contributed by atoms with E-state index in [9.17, 15) is 8.42 Å². The van der Waals surface area contributed by atoms with Gasteiger partial charge < -0.3 is 4.18 Å². The minimum absolute atomic E-state index is 0.160. The van der Waals surface area contributed by atoms with Crippen LogP contribution in [0, 0.1) is 6.92 Å². The third-order valence-electron chi connectivity index (χ3n) is 1.98. The first kappa shape index (κ1) is 11.1. The molecule has 0 fully saturated rings. The second kappa shape index (κ2) is 4.63. The van der Waals surface area contributed by atoms with Crippen molar-refractivity contribution < 1.29 is 12.6 Å². The molecule has 1 aromatic carbocycles. The predicted molar refractivity (Wildman–Crippen MR) is 63.2 cm³/mol. The van der Waals surface area contributed by atoms with Crippen molar-refractivity contribution in [1.82, 2.24) is 4.98 Å². The summed E-state index contributed by atoms with van der Waals surface area (Å²) in [5, 5.41) is 0.160. The maximum Gasteiger partial charge on any atom is 0.301 e. The van der Waals surface area contributed by atoms with Crippen LogP contribution in [0.5, 0.6) is 5.19 Å². The van der Waals surface area contributed by atoms with Crippen molar-refractivity contribution in [2.24, 2.45) is 0 Å². The summed E-state index contributed by atoms with van der Waals surface area (Å²) in [6.45, 7) is 1.88. The summed E-state index contributed by atoms with van der Waals surface area (Å²) < 4.78 is 25.4. The van der Waals surface area contributed by atoms with E-state index in [1.54, 1.807) is 0 Å². The Balaban J connectivity index is 2.39. The summed E-state index contributed by atoms with van der Waals surface area (Å²) in [6.07, 6.45) is 0. The molecule has 0 amide bonds. The first-order valence-corrected chi connectivity index (χ1v) is 6.43. The van der Waals surface area contributed by atoms with E-state index in [0.717, 1.165) is 16.1 Å². The molecule has 6 heteroatoms. The van der Waals surface area contributed by atoms with Crippen LogP contribution in [0.3, 0.4) is 0 Å². The number of thiol groups is 1. The van der Waals surface area contributed by atoms with Crippen LogP contribution in [0.1, 0.15) is 4.88 Å². The number of aromatic nitrogens is 1. The molecule has 0 radical (unpaired) electrons. The zero-order valence-corrected chi connectivity index (χ0v) is 10.1. The lowest BCUT2D eigenvalue weighted by Gasteiger charge is -1.96.